The average Bonchev–Trinajstić information content (AvgIpc) is 3.03. The zero-order chi connectivity index (χ0) is 21.5. The number of anilines is 2. The van der Waals surface area contributed by atoms with Gasteiger partial charge in [0.1, 0.15) is 13.7 Å². The van der Waals surface area contributed by atoms with Gasteiger partial charge in [0.05, 0.1) is 16.3 Å². The molecule has 0 aliphatic heterocycles. The van der Waals surface area contributed by atoms with Crippen LogP contribution in [0.4, 0.5) is 11.5 Å². The Kier molecular flexibility index (Phi) is 5.09. The maximum absolute atomic E-state index is 12.3. The summed E-state index contributed by atoms with van der Waals surface area (Å²) in [6.45, 7) is 1.96. The highest BCUT2D eigenvalue weighted by molar-refractivity contribution is 7.89. The SMILES string of the molecule is Bc1c(C)nn2c(Nc3ccc(S(=O)(=O)N(C)C)cc3)cc(-c3ccccc3)nc12. The van der Waals surface area contributed by atoms with Gasteiger partial charge >= 0.3 is 0 Å². The van der Waals surface area contributed by atoms with Gasteiger partial charge < -0.3 is 5.32 Å². The lowest BCUT2D eigenvalue weighted by Crippen LogP contribution is -2.22. The first kappa shape index (κ1) is 20.1. The molecule has 2 heterocycles. The van der Waals surface area contributed by atoms with E-state index in [0.717, 1.165) is 39.6 Å². The van der Waals surface area contributed by atoms with E-state index in [0.29, 0.717) is 0 Å². The van der Waals surface area contributed by atoms with Crippen LogP contribution in [0.15, 0.2) is 65.6 Å². The van der Waals surface area contributed by atoms with Crippen LogP contribution in [0.25, 0.3) is 16.9 Å². The van der Waals surface area contributed by atoms with Gasteiger partial charge in [0.15, 0.2) is 5.65 Å². The Morgan fingerprint density at radius 3 is 2.33 bits per heavy atom. The number of benzene rings is 2. The van der Waals surface area contributed by atoms with E-state index < -0.39 is 10.0 Å². The van der Waals surface area contributed by atoms with Crippen molar-refractivity contribution in [2.24, 2.45) is 0 Å². The largest absolute Gasteiger partial charge is 0.340 e. The molecule has 0 aliphatic carbocycles. The number of aryl methyl sites for hydroxylation is 1. The van der Waals surface area contributed by atoms with Gasteiger partial charge in [-0.05, 0) is 36.7 Å². The first-order chi connectivity index (χ1) is 14.3. The van der Waals surface area contributed by atoms with Gasteiger partial charge in [-0.3, -0.25) is 0 Å². The Hall–Kier alpha value is -3.17. The van der Waals surface area contributed by atoms with E-state index in [2.05, 4.69) is 10.4 Å². The van der Waals surface area contributed by atoms with E-state index in [1.807, 2.05) is 51.2 Å². The minimum atomic E-state index is -3.47. The molecular formula is C21H22BN5O2S. The van der Waals surface area contributed by atoms with Crippen LogP contribution < -0.4 is 10.8 Å². The third-order valence-corrected chi connectivity index (χ3v) is 6.86. The van der Waals surface area contributed by atoms with Crippen LogP contribution in [0.3, 0.4) is 0 Å². The molecule has 0 radical (unpaired) electrons. The molecule has 0 fully saturated rings. The summed E-state index contributed by atoms with van der Waals surface area (Å²) in [5.74, 6) is 0.748. The number of hydrogen-bond donors (Lipinski definition) is 1. The minimum Gasteiger partial charge on any atom is -0.340 e. The number of nitrogens with one attached hydrogen (secondary N) is 1. The molecule has 0 aliphatic rings. The Morgan fingerprint density at radius 2 is 1.70 bits per heavy atom. The predicted molar refractivity (Wildman–Crippen MR) is 122 cm³/mol. The zero-order valence-corrected chi connectivity index (χ0v) is 18.1. The standard InChI is InChI=1S/C21H22BN5O2S/c1-14-20(22)21-24-18(15-7-5-4-6-8-15)13-19(27(21)25-14)23-16-9-11-17(12-10-16)30(28,29)26(2)3/h4-13,23H,22H2,1-3H3. The molecule has 4 rings (SSSR count). The van der Waals surface area contributed by atoms with Crippen molar-refractivity contribution in [1.29, 1.82) is 0 Å². The quantitative estimate of drug-likeness (QED) is 0.501. The summed E-state index contributed by atoms with van der Waals surface area (Å²) >= 11 is 0. The van der Waals surface area contributed by atoms with E-state index >= 15 is 0 Å². The van der Waals surface area contributed by atoms with Gasteiger partial charge in [0, 0.05) is 31.4 Å². The lowest BCUT2D eigenvalue weighted by molar-refractivity contribution is 0.521. The van der Waals surface area contributed by atoms with Crippen LogP contribution in [0.5, 0.6) is 0 Å². The smallest absolute Gasteiger partial charge is 0.242 e. The van der Waals surface area contributed by atoms with Crippen LogP contribution in [0, 0.1) is 6.92 Å². The van der Waals surface area contributed by atoms with Crippen LogP contribution in [0.1, 0.15) is 5.69 Å². The van der Waals surface area contributed by atoms with Crippen molar-refractivity contribution in [2.75, 3.05) is 19.4 Å². The molecule has 4 aromatic rings. The van der Waals surface area contributed by atoms with Crippen molar-refractivity contribution >= 4 is 40.5 Å². The summed E-state index contributed by atoms with van der Waals surface area (Å²) in [6, 6.07) is 18.6. The number of nitrogens with zero attached hydrogens (tertiary/aromatic N) is 4. The van der Waals surface area contributed by atoms with E-state index in [4.69, 9.17) is 4.98 Å². The maximum atomic E-state index is 12.3. The molecule has 0 atom stereocenters. The third-order valence-electron chi connectivity index (χ3n) is 5.03. The van der Waals surface area contributed by atoms with Gasteiger partial charge in [-0.1, -0.05) is 30.3 Å². The molecule has 0 saturated carbocycles. The van der Waals surface area contributed by atoms with Crippen molar-refractivity contribution in [2.45, 2.75) is 11.8 Å². The first-order valence-corrected chi connectivity index (χ1v) is 10.9. The summed E-state index contributed by atoms with van der Waals surface area (Å²) in [4.78, 5) is 5.05. The van der Waals surface area contributed by atoms with Crippen molar-refractivity contribution in [3.05, 3.63) is 66.4 Å². The fourth-order valence-electron chi connectivity index (χ4n) is 3.14. The molecule has 7 nitrogen and oxygen atoms in total. The predicted octanol–water partition coefficient (Wildman–Crippen LogP) is 1.96. The summed E-state index contributed by atoms with van der Waals surface area (Å²) in [5, 5.41) is 7.97. The van der Waals surface area contributed by atoms with Crippen LogP contribution in [0.2, 0.25) is 0 Å². The Bertz CT molecular complexity index is 1320. The second-order valence-corrected chi connectivity index (χ2v) is 9.43. The van der Waals surface area contributed by atoms with Crippen molar-refractivity contribution in [3.8, 4) is 11.3 Å². The van der Waals surface area contributed by atoms with Gasteiger partial charge in [0.2, 0.25) is 10.0 Å². The summed E-state index contributed by atoms with van der Waals surface area (Å²) in [7, 11) is 1.57. The minimum absolute atomic E-state index is 0.244. The van der Waals surface area contributed by atoms with Gasteiger partial charge in [0.25, 0.3) is 0 Å². The zero-order valence-electron chi connectivity index (χ0n) is 17.3. The molecule has 2 aromatic carbocycles. The molecule has 152 valence electrons. The van der Waals surface area contributed by atoms with Crippen molar-refractivity contribution < 1.29 is 8.42 Å². The Morgan fingerprint density at radius 1 is 1.03 bits per heavy atom. The number of sulfonamides is 1. The van der Waals surface area contributed by atoms with Crippen molar-refractivity contribution in [1.82, 2.24) is 18.9 Å². The average molecular weight is 419 g/mol. The third kappa shape index (κ3) is 3.57. The molecule has 0 amide bonds. The molecular weight excluding hydrogens is 397 g/mol. The highest BCUT2D eigenvalue weighted by Gasteiger charge is 2.17. The Balaban J connectivity index is 1.78. The number of aromatic nitrogens is 3. The maximum Gasteiger partial charge on any atom is 0.242 e. The fraction of sp³-hybridized carbons (Fsp3) is 0.143. The lowest BCUT2D eigenvalue weighted by Gasteiger charge is -2.13. The highest BCUT2D eigenvalue weighted by atomic mass is 32.2. The Labute approximate surface area is 176 Å². The lowest BCUT2D eigenvalue weighted by atomic mass is 9.96. The van der Waals surface area contributed by atoms with Gasteiger partial charge in [-0.2, -0.15) is 9.61 Å². The normalized spacial score (nSPS) is 11.9. The second-order valence-electron chi connectivity index (χ2n) is 7.28. The molecule has 30 heavy (non-hydrogen) atoms. The number of hydrogen-bond acceptors (Lipinski definition) is 5. The van der Waals surface area contributed by atoms with Crippen LogP contribution >= 0.6 is 0 Å². The second kappa shape index (κ2) is 7.58. The number of fused-ring (bicyclic) bond motifs is 1. The van der Waals surface area contributed by atoms with Gasteiger partial charge in [-0.15, -0.1) is 0 Å². The van der Waals surface area contributed by atoms with Crippen LogP contribution in [-0.4, -0.2) is 49.3 Å². The van der Waals surface area contributed by atoms with Crippen molar-refractivity contribution in [3.63, 3.8) is 0 Å². The van der Waals surface area contributed by atoms with E-state index in [1.54, 1.807) is 28.8 Å². The molecule has 0 unspecified atom stereocenters. The first-order valence-electron chi connectivity index (χ1n) is 9.49. The van der Waals surface area contributed by atoms with E-state index in [-0.39, 0.29) is 4.90 Å². The summed E-state index contributed by atoms with van der Waals surface area (Å²) in [6.07, 6.45) is 0. The highest BCUT2D eigenvalue weighted by Crippen LogP contribution is 2.25. The molecule has 0 spiro atoms. The van der Waals surface area contributed by atoms with E-state index in [9.17, 15) is 8.42 Å². The molecule has 0 bridgehead atoms. The monoisotopic (exact) mass is 419 g/mol. The van der Waals surface area contributed by atoms with E-state index in [1.165, 1.54) is 18.4 Å². The topological polar surface area (TPSA) is 79.6 Å². The van der Waals surface area contributed by atoms with Gasteiger partial charge in [-0.25, -0.2) is 17.7 Å². The fourth-order valence-corrected chi connectivity index (χ4v) is 4.05. The summed E-state index contributed by atoms with van der Waals surface area (Å²) < 4.78 is 27.6. The molecule has 1 N–H and O–H groups in total. The summed E-state index contributed by atoms with van der Waals surface area (Å²) in [5.41, 5.74) is 5.30. The van der Waals surface area contributed by atoms with Crippen LogP contribution in [-0.2, 0) is 10.0 Å². The molecule has 9 heteroatoms. The molecule has 2 aromatic heterocycles. The number of rotatable bonds is 5. The molecule has 0 saturated heterocycles.